The fourth-order valence-electron chi connectivity index (χ4n) is 11.0. The van der Waals surface area contributed by atoms with Crippen molar-refractivity contribution in [2.24, 2.45) is 45.3 Å². The summed E-state index contributed by atoms with van der Waals surface area (Å²) >= 11 is 0. The third-order valence-electron chi connectivity index (χ3n) is 14.1. The molecule has 1 aliphatic heterocycles. The summed E-state index contributed by atoms with van der Waals surface area (Å²) in [6, 6.07) is 0. The van der Waals surface area contributed by atoms with Crippen LogP contribution < -0.4 is 0 Å². The number of aliphatic hydroxyl groups excluding tert-OH is 3. The first-order valence-corrected chi connectivity index (χ1v) is 17.8. The van der Waals surface area contributed by atoms with E-state index in [2.05, 4.69) is 55.0 Å². The minimum Gasteiger partial charge on any atom is -0.462 e. The van der Waals surface area contributed by atoms with Crippen LogP contribution in [0.1, 0.15) is 120 Å². The van der Waals surface area contributed by atoms with Gasteiger partial charge in [0.05, 0.1) is 12.5 Å². The molecule has 0 aromatic rings. The average molecular weight is 645 g/mol. The SMILES string of the molecule is C=C(CC[C@@H](C(=O)O[C@@H]1OC[C@@H](O)[C@H](O)[C@@H]1O)[C@H]1CC[C@@]2(C)C3=C(CC[C@]12C)[C@@]1(C)CC[C@@H](OC(C)=O)C(C)(C)[C@@H]1CC3)C(C)C. The van der Waals surface area contributed by atoms with Gasteiger partial charge in [-0.3, -0.25) is 9.59 Å². The van der Waals surface area contributed by atoms with Gasteiger partial charge in [0.15, 0.2) is 0 Å². The second kappa shape index (κ2) is 12.6. The van der Waals surface area contributed by atoms with E-state index in [1.807, 2.05) is 0 Å². The Labute approximate surface area is 276 Å². The molecule has 1 heterocycles. The summed E-state index contributed by atoms with van der Waals surface area (Å²) in [5, 5.41) is 30.7. The van der Waals surface area contributed by atoms with Gasteiger partial charge >= 0.3 is 11.9 Å². The molecule has 2 saturated carbocycles. The molecule has 0 unspecified atom stereocenters. The number of ether oxygens (including phenoxy) is 3. The third-order valence-corrected chi connectivity index (χ3v) is 14.1. The molecule has 1 saturated heterocycles. The molecule has 0 radical (unpaired) electrons. The molecular weight excluding hydrogens is 584 g/mol. The van der Waals surface area contributed by atoms with Crippen molar-refractivity contribution in [1.82, 2.24) is 0 Å². The molecule has 0 aromatic carbocycles. The summed E-state index contributed by atoms with van der Waals surface area (Å²) in [6.45, 7) is 21.7. The summed E-state index contributed by atoms with van der Waals surface area (Å²) in [5.41, 5.74) is 4.10. The van der Waals surface area contributed by atoms with E-state index in [-0.39, 0.29) is 46.3 Å². The second-order valence-corrected chi connectivity index (χ2v) is 17.0. The Morgan fingerprint density at radius 3 is 2.28 bits per heavy atom. The first kappa shape index (κ1) is 35.6. The molecule has 11 atom stereocenters. The molecule has 0 bridgehead atoms. The number of aliphatic hydroxyl groups is 3. The van der Waals surface area contributed by atoms with Gasteiger partial charge in [-0.2, -0.15) is 0 Å². The van der Waals surface area contributed by atoms with E-state index >= 15 is 0 Å². The number of hydrogen-bond donors (Lipinski definition) is 3. The van der Waals surface area contributed by atoms with Crippen LogP contribution >= 0.6 is 0 Å². The van der Waals surface area contributed by atoms with Crippen LogP contribution in [0, 0.1) is 45.3 Å². The fraction of sp³-hybridized carbons (Fsp3) is 0.842. The topological polar surface area (TPSA) is 123 Å². The van der Waals surface area contributed by atoms with Crippen molar-refractivity contribution in [3.05, 3.63) is 23.3 Å². The zero-order valence-corrected chi connectivity index (χ0v) is 29.6. The van der Waals surface area contributed by atoms with E-state index in [1.54, 1.807) is 11.1 Å². The normalized spacial score (nSPS) is 42.5. The van der Waals surface area contributed by atoms with E-state index in [0.717, 1.165) is 56.9 Å². The average Bonchev–Trinajstić information content (AvgIpc) is 3.25. The highest BCUT2D eigenvalue weighted by Crippen LogP contribution is 2.72. The van der Waals surface area contributed by atoms with Gasteiger partial charge in [0, 0.05) is 12.3 Å². The molecule has 0 spiro atoms. The minimum absolute atomic E-state index is 0.0507. The Kier molecular flexibility index (Phi) is 9.75. The molecule has 4 aliphatic carbocycles. The van der Waals surface area contributed by atoms with Crippen LogP contribution in [0.3, 0.4) is 0 Å². The molecule has 8 nitrogen and oxygen atoms in total. The van der Waals surface area contributed by atoms with E-state index in [9.17, 15) is 24.9 Å². The molecule has 5 aliphatic rings. The van der Waals surface area contributed by atoms with Gasteiger partial charge in [0.25, 0.3) is 0 Å². The van der Waals surface area contributed by atoms with Crippen molar-refractivity contribution >= 4 is 11.9 Å². The first-order valence-electron chi connectivity index (χ1n) is 17.8. The number of carbonyl (C=O) groups is 2. The summed E-state index contributed by atoms with van der Waals surface area (Å²) in [5.74, 6) is -0.187. The van der Waals surface area contributed by atoms with Crippen molar-refractivity contribution in [2.75, 3.05) is 6.61 Å². The zero-order chi connectivity index (χ0) is 34.0. The van der Waals surface area contributed by atoms with Gasteiger partial charge in [-0.15, -0.1) is 0 Å². The maximum absolute atomic E-state index is 14.1. The van der Waals surface area contributed by atoms with Gasteiger partial charge in [0.1, 0.15) is 24.4 Å². The summed E-state index contributed by atoms with van der Waals surface area (Å²) < 4.78 is 17.2. The highest BCUT2D eigenvalue weighted by Gasteiger charge is 2.64. The molecule has 3 N–H and O–H groups in total. The van der Waals surface area contributed by atoms with Gasteiger partial charge in [-0.05, 0) is 98.2 Å². The fourth-order valence-corrected chi connectivity index (χ4v) is 11.0. The van der Waals surface area contributed by atoms with Crippen LogP contribution in [0.4, 0.5) is 0 Å². The number of hydrogen-bond acceptors (Lipinski definition) is 8. The number of esters is 2. The lowest BCUT2D eigenvalue weighted by Gasteiger charge is -2.62. The largest absolute Gasteiger partial charge is 0.462 e. The van der Waals surface area contributed by atoms with Crippen LogP contribution in [0.5, 0.6) is 0 Å². The third kappa shape index (κ3) is 5.71. The predicted octanol–water partition coefficient (Wildman–Crippen LogP) is 6.26. The minimum atomic E-state index is -1.51. The van der Waals surface area contributed by atoms with Crippen molar-refractivity contribution in [3.63, 3.8) is 0 Å². The van der Waals surface area contributed by atoms with Crippen molar-refractivity contribution < 1.29 is 39.1 Å². The van der Waals surface area contributed by atoms with Crippen LogP contribution in [-0.4, -0.2) is 64.6 Å². The number of allylic oxidation sites excluding steroid dienone is 3. The Morgan fingerprint density at radius 2 is 1.63 bits per heavy atom. The van der Waals surface area contributed by atoms with Crippen molar-refractivity contribution in [3.8, 4) is 0 Å². The van der Waals surface area contributed by atoms with E-state index in [4.69, 9.17) is 14.2 Å². The molecule has 3 fully saturated rings. The second-order valence-electron chi connectivity index (χ2n) is 17.0. The monoisotopic (exact) mass is 644 g/mol. The van der Waals surface area contributed by atoms with Gasteiger partial charge in [-0.25, -0.2) is 0 Å². The number of rotatable bonds is 8. The van der Waals surface area contributed by atoms with Crippen LogP contribution in [-0.2, 0) is 23.8 Å². The maximum atomic E-state index is 14.1. The first-order chi connectivity index (χ1) is 21.4. The smallest absolute Gasteiger partial charge is 0.311 e. The molecule has 5 rings (SSSR count). The predicted molar refractivity (Wildman–Crippen MR) is 175 cm³/mol. The van der Waals surface area contributed by atoms with Gasteiger partial charge in [-0.1, -0.05) is 71.8 Å². The standard InChI is InChI=1S/C38H60O8/c1-21(2)22(3)10-11-24(33(43)46-34-32(42)31(41)28(40)20-44-34)25-14-18-38(9)27-12-13-29-35(5,6)30(45-23(4)39)16-17-36(29,7)26(27)15-19-37(25,38)8/h21,24-25,28-32,34,40-42H,3,10-20H2,1-2,4-9H3/t24-,25-,28-,29+,30-,31+,32+,34+,36-,37-,38+/m1/s1. The number of fused-ring (bicyclic) bond motifs is 4. The molecule has 0 aromatic heterocycles. The maximum Gasteiger partial charge on any atom is 0.311 e. The van der Waals surface area contributed by atoms with Gasteiger partial charge < -0.3 is 29.5 Å². The Bertz CT molecular complexity index is 1240. The van der Waals surface area contributed by atoms with Crippen LogP contribution in [0.2, 0.25) is 0 Å². The number of carbonyl (C=O) groups excluding carboxylic acids is 2. The summed E-state index contributed by atoms with van der Waals surface area (Å²) in [7, 11) is 0. The quantitative estimate of drug-likeness (QED) is 0.209. The molecule has 260 valence electrons. The van der Waals surface area contributed by atoms with Crippen LogP contribution in [0.25, 0.3) is 0 Å². The van der Waals surface area contributed by atoms with E-state index < -0.39 is 36.5 Å². The van der Waals surface area contributed by atoms with Gasteiger partial charge in [0.2, 0.25) is 6.29 Å². The lowest BCUT2D eigenvalue weighted by Crippen LogP contribution is -2.56. The van der Waals surface area contributed by atoms with Crippen LogP contribution in [0.15, 0.2) is 23.3 Å². The van der Waals surface area contributed by atoms with Crippen molar-refractivity contribution in [2.45, 2.75) is 150 Å². The van der Waals surface area contributed by atoms with Crippen molar-refractivity contribution in [1.29, 1.82) is 0 Å². The highest BCUT2D eigenvalue weighted by molar-refractivity contribution is 5.73. The summed E-state index contributed by atoms with van der Waals surface area (Å²) in [6.07, 6.45) is 3.68. The lowest BCUT2D eigenvalue weighted by molar-refractivity contribution is -0.265. The Hall–Kier alpha value is -1.74. The lowest BCUT2D eigenvalue weighted by atomic mass is 9.43. The zero-order valence-electron chi connectivity index (χ0n) is 29.6. The molecular formula is C38H60O8. The van der Waals surface area contributed by atoms with E-state index in [1.165, 1.54) is 6.92 Å². The molecule has 8 heteroatoms. The Balaban J connectivity index is 1.44. The summed E-state index contributed by atoms with van der Waals surface area (Å²) in [4.78, 5) is 26.1. The highest BCUT2D eigenvalue weighted by atomic mass is 16.7. The Morgan fingerprint density at radius 1 is 0.935 bits per heavy atom. The molecule has 0 amide bonds. The van der Waals surface area contributed by atoms with E-state index in [0.29, 0.717) is 24.7 Å². The molecule has 46 heavy (non-hydrogen) atoms.